The summed E-state index contributed by atoms with van der Waals surface area (Å²) in [5.74, 6) is 1.75. The number of Topliss-reactive ketones (excluding diaryl/α,β-unsaturated/α-hetero) is 1. The first kappa shape index (κ1) is 24.7. The minimum absolute atomic E-state index is 0.0419. The number of allylic oxidation sites excluding steroid dienone is 1. The van der Waals surface area contributed by atoms with Crippen molar-refractivity contribution in [1.82, 2.24) is 4.98 Å². The highest BCUT2D eigenvalue weighted by molar-refractivity contribution is 7.11. The first-order valence-corrected chi connectivity index (χ1v) is 12.0. The lowest BCUT2D eigenvalue weighted by Gasteiger charge is -2.08. The molecule has 1 aromatic heterocycles. The number of hydrogen-bond donors (Lipinski definition) is 0. The normalized spacial score (nSPS) is 11.0. The molecule has 0 unspecified atom stereocenters. The maximum Gasteiger partial charge on any atom is 0.200 e. The van der Waals surface area contributed by atoms with Crippen LogP contribution in [-0.4, -0.2) is 31.6 Å². The second-order valence-electron chi connectivity index (χ2n) is 7.92. The summed E-state index contributed by atoms with van der Waals surface area (Å²) in [6.45, 7) is 1.93. The van der Waals surface area contributed by atoms with Crippen LogP contribution in [0.1, 0.15) is 26.5 Å². The van der Waals surface area contributed by atoms with Crippen molar-refractivity contribution in [2.24, 2.45) is 0 Å². The minimum Gasteiger partial charge on any atom is -0.493 e. The van der Waals surface area contributed by atoms with E-state index in [9.17, 15) is 10.1 Å². The molecule has 4 rings (SSSR count). The van der Waals surface area contributed by atoms with Crippen molar-refractivity contribution < 1.29 is 19.0 Å². The Hall–Kier alpha value is -4.41. The molecule has 6 nitrogen and oxygen atoms in total. The Balaban J connectivity index is 1.45. The molecule has 3 aromatic carbocycles. The Labute approximate surface area is 214 Å². The molecule has 1 heterocycles. The fourth-order valence-electron chi connectivity index (χ4n) is 3.47. The number of nitrogens with zero attached hydrogens (tertiary/aromatic N) is 2. The van der Waals surface area contributed by atoms with E-state index in [4.69, 9.17) is 14.2 Å². The monoisotopic (exact) mass is 496 g/mol. The number of benzene rings is 3. The molecule has 0 aliphatic rings. The van der Waals surface area contributed by atoms with Gasteiger partial charge in [-0.3, -0.25) is 4.79 Å². The predicted molar refractivity (Wildman–Crippen MR) is 142 cm³/mol. The van der Waals surface area contributed by atoms with E-state index in [-0.39, 0.29) is 12.4 Å². The van der Waals surface area contributed by atoms with Gasteiger partial charge in [-0.1, -0.05) is 42.0 Å². The van der Waals surface area contributed by atoms with Crippen LogP contribution in [0.15, 0.2) is 72.1 Å². The zero-order chi connectivity index (χ0) is 25.5. The van der Waals surface area contributed by atoms with Gasteiger partial charge in [0, 0.05) is 16.5 Å². The maximum absolute atomic E-state index is 12.3. The summed E-state index contributed by atoms with van der Waals surface area (Å²) in [4.78, 5) is 17.0. The van der Waals surface area contributed by atoms with Crippen LogP contribution >= 0.6 is 11.3 Å². The smallest absolute Gasteiger partial charge is 0.200 e. The van der Waals surface area contributed by atoms with Gasteiger partial charge in [-0.25, -0.2) is 4.98 Å². The molecule has 0 radical (unpaired) electrons. The second kappa shape index (κ2) is 11.3. The standard InChI is InChI=1S/C29H24N2O4S/c1-19-4-8-21(9-5-19)26(32)17-35-24-11-6-20(7-12-24)14-23(16-30)29-31-25(18-36-29)22-10-13-27(33-2)28(15-22)34-3/h4-15,18H,17H2,1-3H3. The Bertz CT molecular complexity index is 1430. The number of aromatic nitrogens is 1. The first-order chi connectivity index (χ1) is 17.5. The van der Waals surface area contributed by atoms with Gasteiger partial charge in [0.25, 0.3) is 0 Å². The summed E-state index contributed by atoms with van der Waals surface area (Å²) in [6, 6.07) is 22.5. The molecular weight excluding hydrogens is 472 g/mol. The lowest BCUT2D eigenvalue weighted by Crippen LogP contribution is -2.11. The van der Waals surface area contributed by atoms with Crippen LogP contribution in [0.5, 0.6) is 17.2 Å². The predicted octanol–water partition coefficient (Wildman–Crippen LogP) is 6.46. The number of carbonyl (C=O) groups excluding carboxylic acids is 1. The van der Waals surface area contributed by atoms with E-state index in [1.165, 1.54) is 11.3 Å². The van der Waals surface area contributed by atoms with Gasteiger partial charge in [0.15, 0.2) is 23.9 Å². The lowest BCUT2D eigenvalue weighted by atomic mass is 10.1. The zero-order valence-corrected chi connectivity index (χ0v) is 21.0. The van der Waals surface area contributed by atoms with Crippen molar-refractivity contribution in [1.29, 1.82) is 5.26 Å². The summed E-state index contributed by atoms with van der Waals surface area (Å²) in [5.41, 5.74) is 4.62. The van der Waals surface area contributed by atoms with Crippen LogP contribution in [0.25, 0.3) is 22.9 Å². The Morgan fingerprint density at radius 2 is 1.72 bits per heavy atom. The number of thiazole rings is 1. The van der Waals surface area contributed by atoms with E-state index in [0.717, 1.165) is 22.4 Å². The van der Waals surface area contributed by atoms with E-state index < -0.39 is 0 Å². The third-order valence-electron chi connectivity index (χ3n) is 5.47. The first-order valence-electron chi connectivity index (χ1n) is 11.1. The highest BCUT2D eigenvalue weighted by Gasteiger charge is 2.12. The van der Waals surface area contributed by atoms with Gasteiger partial charge in [-0.2, -0.15) is 5.26 Å². The van der Waals surface area contributed by atoms with Crippen molar-refractivity contribution in [2.45, 2.75) is 6.92 Å². The molecule has 36 heavy (non-hydrogen) atoms. The molecule has 180 valence electrons. The summed E-state index contributed by atoms with van der Waals surface area (Å²) in [5, 5.41) is 12.3. The highest BCUT2D eigenvalue weighted by Crippen LogP contribution is 2.34. The molecule has 4 aromatic rings. The topological polar surface area (TPSA) is 81.4 Å². The molecule has 0 N–H and O–H groups in total. The summed E-state index contributed by atoms with van der Waals surface area (Å²) in [6.07, 6.45) is 1.78. The van der Waals surface area contributed by atoms with E-state index in [1.54, 1.807) is 44.6 Å². The minimum atomic E-state index is -0.0835. The Kier molecular flexibility index (Phi) is 7.79. The van der Waals surface area contributed by atoms with Crippen molar-refractivity contribution in [3.8, 4) is 34.6 Å². The maximum atomic E-state index is 12.3. The fraction of sp³-hybridized carbons (Fsp3) is 0.138. The Morgan fingerprint density at radius 1 is 1.00 bits per heavy atom. The number of methoxy groups -OCH3 is 2. The zero-order valence-electron chi connectivity index (χ0n) is 20.1. The molecule has 0 amide bonds. The second-order valence-corrected chi connectivity index (χ2v) is 8.78. The largest absolute Gasteiger partial charge is 0.493 e. The van der Waals surface area contributed by atoms with Gasteiger partial charge in [0.1, 0.15) is 16.8 Å². The molecule has 7 heteroatoms. The van der Waals surface area contributed by atoms with Gasteiger partial charge in [-0.15, -0.1) is 11.3 Å². The van der Waals surface area contributed by atoms with Gasteiger partial charge in [-0.05, 0) is 48.9 Å². The number of ketones is 1. The number of rotatable bonds is 9. The van der Waals surface area contributed by atoms with Crippen molar-refractivity contribution in [2.75, 3.05) is 20.8 Å². The highest BCUT2D eigenvalue weighted by atomic mass is 32.1. The number of nitriles is 1. The summed E-state index contributed by atoms with van der Waals surface area (Å²) < 4.78 is 16.3. The van der Waals surface area contributed by atoms with Crippen molar-refractivity contribution in [3.05, 3.63) is 93.8 Å². The van der Waals surface area contributed by atoms with Crippen molar-refractivity contribution in [3.63, 3.8) is 0 Å². The molecule has 0 saturated heterocycles. The Morgan fingerprint density at radius 3 is 2.39 bits per heavy atom. The number of hydrogen-bond acceptors (Lipinski definition) is 7. The molecule has 0 atom stereocenters. The molecule has 0 bridgehead atoms. The number of ether oxygens (including phenoxy) is 3. The van der Waals surface area contributed by atoms with Crippen LogP contribution in [-0.2, 0) is 0 Å². The average Bonchev–Trinajstić information content (AvgIpc) is 3.41. The van der Waals surface area contributed by atoms with Gasteiger partial charge >= 0.3 is 0 Å². The quantitative estimate of drug-likeness (QED) is 0.195. The fourth-order valence-corrected chi connectivity index (χ4v) is 4.26. The molecular formula is C29H24N2O4S. The molecule has 0 fully saturated rings. The molecule has 0 aliphatic heterocycles. The lowest BCUT2D eigenvalue weighted by molar-refractivity contribution is 0.0921. The van der Waals surface area contributed by atoms with E-state index in [2.05, 4.69) is 11.1 Å². The van der Waals surface area contributed by atoms with Crippen LogP contribution in [0.2, 0.25) is 0 Å². The number of carbonyl (C=O) groups is 1. The number of aryl methyl sites for hydroxylation is 1. The summed E-state index contributed by atoms with van der Waals surface area (Å²) >= 11 is 1.40. The van der Waals surface area contributed by atoms with Crippen molar-refractivity contribution >= 4 is 28.8 Å². The average molecular weight is 497 g/mol. The third-order valence-corrected chi connectivity index (χ3v) is 6.34. The SMILES string of the molecule is COc1ccc(-c2csc(C(C#N)=Cc3ccc(OCC(=O)c4ccc(C)cc4)cc3)n2)cc1OC. The summed E-state index contributed by atoms with van der Waals surface area (Å²) in [7, 11) is 3.18. The van der Waals surface area contributed by atoms with Crippen LogP contribution in [0.4, 0.5) is 0 Å². The van der Waals surface area contributed by atoms with E-state index in [0.29, 0.717) is 33.4 Å². The van der Waals surface area contributed by atoms with Gasteiger partial charge in [0.2, 0.25) is 0 Å². The van der Waals surface area contributed by atoms with E-state index in [1.807, 2.05) is 54.8 Å². The van der Waals surface area contributed by atoms with Gasteiger partial charge < -0.3 is 14.2 Å². The van der Waals surface area contributed by atoms with E-state index >= 15 is 0 Å². The van der Waals surface area contributed by atoms with Crippen LogP contribution in [0.3, 0.4) is 0 Å². The molecule has 0 spiro atoms. The van der Waals surface area contributed by atoms with Crippen LogP contribution in [0, 0.1) is 18.3 Å². The molecule has 0 saturated carbocycles. The third kappa shape index (κ3) is 5.80. The van der Waals surface area contributed by atoms with Crippen LogP contribution < -0.4 is 14.2 Å². The van der Waals surface area contributed by atoms with Gasteiger partial charge in [0.05, 0.1) is 25.5 Å². The molecule has 0 aliphatic carbocycles.